The highest BCUT2D eigenvalue weighted by Gasteiger charge is 2.10. The van der Waals surface area contributed by atoms with Crippen molar-refractivity contribution in [3.8, 4) is 27.6 Å². The molecule has 0 aliphatic rings. The standard InChI is InChI=1S/C14H12N4O2S/c1-20-9-4-2-8(3-5-9)11-7-6-10(12(19)16-11)13-17-18-14(15)21-13/h2-7H,1H3,(H2,15,18)(H,16,19). The highest BCUT2D eigenvalue weighted by Crippen LogP contribution is 2.24. The quantitative estimate of drug-likeness (QED) is 0.773. The van der Waals surface area contributed by atoms with Crippen LogP contribution in [0.3, 0.4) is 0 Å². The van der Waals surface area contributed by atoms with Crippen LogP contribution in [-0.4, -0.2) is 22.3 Å². The first-order valence-corrected chi connectivity index (χ1v) is 6.96. The summed E-state index contributed by atoms with van der Waals surface area (Å²) in [7, 11) is 1.61. The Kier molecular flexibility index (Phi) is 3.41. The van der Waals surface area contributed by atoms with E-state index in [2.05, 4.69) is 15.2 Å². The van der Waals surface area contributed by atoms with Crippen molar-refractivity contribution >= 4 is 16.5 Å². The molecule has 0 fully saturated rings. The monoisotopic (exact) mass is 300 g/mol. The van der Waals surface area contributed by atoms with Gasteiger partial charge < -0.3 is 15.5 Å². The molecule has 3 N–H and O–H groups in total. The second-order valence-electron chi connectivity index (χ2n) is 4.29. The molecule has 6 nitrogen and oxygen atoms in total. The van der Waals surface area contributed by atoms with Gasteiger partial charge in [0.1, 0.15) is 5.75 Å². The average Bonchev–Trinajstić information content (AvgIpc) is 2.93. The zero-order valence-corrected chi connectivity index (χ0v) is 12.0. The van der Waals surface area contributed by atoms with Crippen LogP contribution in [0.25, 0.3) is 21.8 Å². The number of rotatable bonds is 3. The lowest BCUT2D eigenvalue weighted by molar-refractivity contribution is 0.415. The molecule has 0 unspecified atom stereocenters. The van der Waals surface area contributed by atoms with Crippen molar-refractivity contribution < 1.29 is 4.74 Å². The number of pyridine rings is 1. The zero-order chi connectivity index (χ0) is 14.8. The number of ether oxygens (including phenoxy) is 1. The van der Waals surface area contributed by atoms with E-state index in [4.69, 9.17) is 10.5 Å². The zero-order valence-electron chi connectivity index (χ0n) is 11.2. The van der Waals surface area contributed by atoms with Gasteiger partial charge in [-0.05, 0) is 42.0 Å². The Morgan fingerprint density at radius 3 is 2.48 bits per heavy atom. The van der Waals surface area contributed by atoms with E-state index in [0.29, 0.717) is 15.7 Å². The topological polar surface area (TPSA) is 93.9 Å². The normalized spacial score (nSPS) is 10.5. The Balaban J connectivity index is 1.99. The first kappa shape index (κ1) is 13.3. The largest absolute Gasteiger partial charge is 0.497 e. The SMILES string of the molecule is COc1ccc(-c2ccc(-c3nnc(N)s3)c(=O)[nH]2)cc1. The van der Waals surface area contributed by atoms with E-state index in [1.54, 1.807) is 13.2 Å². The number of aromatic nitrogens is 3. The number of benzene rings is 1. The van der Waals surface area contributed by atoms with Crippen LogP contribution in [0, 0.1) is 0 Å². The first-order chi connectivity index (χ1) is 10.2. The van der Waals surface area contributed by atoms with Gasteiger partial charge in [0, 0.05) is 5.69 Å². The third-order valence-corrected chi connectivity index (χ3v) is 3.77. The number of anilines is 1. The highest BCUT2D eigenvalue weighted by atomic mass is 32.1. The van der Waals surface area contributed by atoms with Crippen molar-refractivity contribution in [2.24, 2.45) is 0 Å². The molecule has 106 valence electrons. The number of aromatic amines is 1. The van der Waals surface area contributed by atoms with Crippen molar-refractivity contribution in [2.45, 2.75) is 0 Å². The molecule has 0 aliphatic carbocycles. The van der Waals surface area contributed by atoms with Crippen LogP contribution in [0.15, 0.2) is 41.2 Å². The molecule has 2 heterocycles. The molecule has 3 rings (SSSR count). The molecular formula is C14H12N4O2S. The minimum absolute atomic E-state index is 0.223. The van der Waals surface area contributed by atoms with E-state index in [-0.39, 0.29) is 5.56 Å². The smallest absolute Gasteiger partial charge is 0.258 e. The van der Waals surface area contributed by atoms with Crippen molar-refractivity contribution in [2.75, 3.05) is 12.8 Å². The van der Waals surface area contributed by atoms with E-state index >= 15 is 0 Å². The van der Waals surface area contributed by atoms with Crippen LogP contribution in [0.5, 0.6) is 5.75 Å². The molecule has 0 saturated carbocycles. The second-order valence-corrected chi connectivity index (χ2v) is 5.30. The van der Waals surface area contributed by atoms with Gasteiger partial charge in [0.05, 0.1) is 12.7 Å². The van der Waals surface area contributed by atoms with Gasteiger partial charge in [0.15, 0.2) is 5.01 Å². The molecular weight excluding hydrogens is 288 g/mol. The van der Waals surface area contributed by atoms with Crippen LogP contribution in [0.1, 0.15) is 0 Å². The maximum atomic E-state index is 12.2. The number of nitrogens with one attached hydrogen (secondary N) is 1. The van der Waals surface area contributed by atoms with E-state index in [9.17, 15) is 4.79 Å². The molecule has 7 heteroatoms. The number of methoxy groups -OCH3 is 1. The lowest BCUT2D eigenvalue weighted by atomic mass is 10.1. The van der Waals surface area contributed by atoms with Crippen molar-refractivity contribution in [1.29, 1.82) is 0 Å². The molecule has 3 aromatic rings. The average molecular weight is 300 g/mol. The predicted molar refractivity (Wildman–Crippen MR) is 82.4 cm³/mol. The summed E-state index contributed by atoms with van der Waals surface area (Å²) in [4.78, 5) is 15.0. The van der Waals surface area contributed by atoms with Gasteiger partial charge in [-0.1, -0.05) is 11.3 Å². The molecule has 0 radical (unpaired) electrons. The summed E-state index contributed by atoms with van der Waals surface area (Å²) in [6.07, 6.45) is 0. The summed E-state index contributed by atoms with van der Waals surface area (Å²) in [5.41, 5.74) is 7.40. The molecule has 2 aromatic heterocycles. The molecule has 0 bridgehead atoms. The van der Waals surface area contributed by atoms with E-state index in [0.717, 1.165) is 17.0 Å². The fourth-order valence-corrected chi connectivity index (χ4v) is 2.56. The molecule has 21 heavy (non-hydrogen) atoms. The summed E-state index contributed by atoms with van der Waals surface area (Å²) in [6.45, 7) is 0. The second kappa shape index (κ2) is 5.37. The third-order valence-electron chi connectivity index (χ3n) is 2.98. The van der Waals surface area contributed by atoms with Gasteiger partial charge in [-0.2, -0.15) is 0 Å². The Labute approximate surface area is 124 Å². The van der Waals surface area contributed by atoms with Crippen LogP contribution in [0.2, 0.25) is 0 Å². The number of hydrogen-bond donors (Lipinski definition) is 2. The van der Waals surface area contributed by atoms with Crippen LogP contribution >= 0.6 is 11.3 Å². The van der Waals surface area contributed by atoms with E-state index < -0.39 is 0 Å². The van der Waals surface area contributed by atoms with Gasteiger partial charge in [0.2, 0.25) is 5.13 Å². The van der Waals surface area contributed by atoms with E-state index in [1.165, 1.54) is 11.3 Å². The molecule has 0 amide bonds. The fraction of sp³-hybridized carbons (Fsp3) is 0.0714. The van der Waals surface area contributed by atoms with E-state index in [1.807, 2.05) is 30.3 Å². The lowest BCUT2D eigenvalue weighted by Crippen LogP contribution is -2.09. The Bertz CT molecular complexity index is 823. The molecule has 0 atom stereocenters. The summed E-state index contributed by atoms with van der Waals surface area (Å²) >= 11 is 1.18. The summed E-state index contributed by atoms with van der Waals surface area (Å²) in [5.74, 6) is 0.766. The Morgan fingerprint density at radius 2 is 1.90 bits per heavy atom. The Hall–Kier alpha value is -2.67. The highest BCUT2D eigenvalue weighted by molar-refractivity contribution is 7.18. The molecule has 0 aliphatic heterocycles. The number of nitrogen functional groups attached to an aromatic ring is 1. The Morgan fingerprint density at radius 1 is 1.14 bits per heavy atom. The summed E-state index contributed by atoms with van der Waals surface area (Å²) in [6, 6.07) is 11.0. The molecule has 0 spiro atoms. The van der Waals surface area contributed by atoms with Crippen molar-refractivity contribution in [3.63, 3.8) is 0 Å². The number of nitrogens with two attached hydrogens (primary N) is 1. The van der Waals surface area contributed by atoms with Crippen molar-refractivity contribution in [3.05, 3.63) is 46.8 Å². The van der Waals surface area contributed by atoms with Crippen LogP contribution < -0.4 is 16.0 Å². The minimum Gasteiger partial charge on any atom is -0.497 e. The minimum atomic E-state index is -0.223. The molecule has 1 aromatic carbocycles. The van der Waals surface area contributed by atoms with Crippen molar-refractivity contribution in [1.82, 2.24) is 15.2 Å². The van der Waals surface area contributed by atoms with Gasteiger partial charge in [0.25, 0.3) is 5.56 Å². The summed E-state index contributed by atoms with van der Waals surface area (Å²) in [5, 5.41) is 8.44. The third kappa shape index (κ3) is 2.63. The lowest BCUT2D eigenvalue weighted by Gasteiger charge is -2.04. The summed E-state index contributed by atoms with van der Waals surface area (Å²) < 4.78 is 5.11. The number of hydrogen-bond acceptors (Lipinski definition) is 6. The predicted octanol–water partition coefficient (Wildman–Crippen LogP) is 2.15. The van der Waals surface area contributed by atoms with Gasteiger partial charge in [-0.3, -0.25) is 4.79 Å². The van der Waals surface area contributed by atoms with Gasteiger partial charge in [-0.15, -0.1) is 10.2 Å². The van der Waals surface area contributed by atoms with Gasteiger partial charge in [-0.25, -0.2) is 0 Å². The number of H-pyrrole nitrogens is 1. The van der Waals surface area contributed by atoms with Gasteiger partial charge >= 0.3 is 0 Å². The van der Waals surface area contributed by atoms with Crippen LogP contribution in [-0.2, 0) is 0 Å². The fourth-order valence-electron chi connectivity index (χ4n) is 1.92. The van der Waals surface area contributed by atoms with Crippen LogP contribution in [0.4, 0.5) is 5.13 Å². The maximum Gasteiger partial charge on any atom is 0.258 e. The number of nitrogens with zero attached hydrogens (tertiary/aromatic N) is 2. The maximum absolute atomic E-state index is 12.2. The first-order valence-electron chi connectivity index (χ1n) is 6.14. The molecule has 0 saturated heterocycles.